The second-order valence-electron chi connectivity index (χ2n) is 5.21. The maximum atomic E-state index is 11.9. The summed E-state index contributed by atoms with van der Waals surface area (Å²) in [5.41, 5.74) is 0. The summed E-state index contributed by atoms with van der Waals surface area (Å²) in [6.07, 6.45) is 1.68. The van der Waals surface area contributed by atoms with Gasteiger partial charge in [-0.1, -0.05) is 6.92 Å². The van der Waals surface area contributed by atoms with E-state index in [1.54, 1.807) is 4.90 Å². The average Bonchev–Trinajstić information content (AvgIpc) is 2.40. The quantitative estimate of drug-likeness (QED) is 0.748. The Hall–Kier alpha value is -1.10. The third-order valence-electron chi connectivity index (χ3n) is 3.86. The highest BCUT2D eigenvalue weighted by Gasteiger charge is 2.22. The molecule has 110 valence electrons. The summed E-state index contributed by atoms with van der Waals surface area (Å²) in [6.45, 7) is 9.34. The van der Waals surface area contributed by atoms with Crippen molar-refractivity contribution in [3.63, 3.8) is 0 Å². The molecule has 0 aromatic rings. The standard InChI is InChI=1S/C14H27N3O2/c1-4-17(5-2)14(19)7-6-13(18)16-12-10-15-9-8-11(12)3/h11-12,15H,4-10H2,1-3H3,(H,16,18). The van der Waals surface area contributed by atoms with Crippen LogP contribution in [0.4, 0.5) is 0 Å². The van der Waals surface area contributed by atoms with Crippen molar-refractivity contribution in [1.82, 2.24) is 15.5 Å². The fraction of sp³-hybridized carbons (Fsp3) is 0.857. The maximum Gasteiger partial charge on any atom is 0.223 e. The Morgan fingerprint density at radius 3 is 2.53 bits per heavy atom. The predicted molar refractivity (Wildman–Crippen MR) is 75.7 cm³/mol. The van der Waals surface area contributed by atoms with Gasteiger partial charge in [-0.15, -0.1) is 0 Å². The minimum Gasteiger partial charge on any atom is -0.352 e. The molecule has 0 radical (unpaired) electrons. The van der Waals surface area contributed by atoms with Crippen molar-refractivity contribution in [3.05, 3.63) is 0 Å². The molecule has 19 heavy (non-hydrogen) atoms. The van der Waals surface area contributed by atoms with E-state index in [2.05, 4.69) is 17.6 Å². The van der Waals surface area contributed by atoms with Crippen LogP contribution in [0.15, 0.2) is 0 Å². The van der Waals surface area contributed by atoms with E-state index in [-0.39, 0.29) is 17.9 Å². The molecule has 0 aromatic heterocycles. The third-order valence-corrected chi connectivity index (χ3v) is 3.86. The van der Waals surface area contributed by atoms with Crippen molar-refractivity contribution in [3.8, 4) is 0 Å². The first-order valence-corrected chi connectivity index (χ1v) is 7.36. The van der Waals surface area contributed by atoms with Gasteiger partial charge in [-0.25, -0.2) is 0 Å². The second kappa shape index (κ2) is 8.15. The molecule has 1 aliphatic heterocycles. The molecule has 1 saturated heterocycles. The molecule has 2 N–H and O–H groups in total. The van der Waals surface area contributed by atoms with E-state index < -0.39 is 0 Å². The van der Waals surface area contributed by atoms with Crippen molar-refractivity contribution >= 4 is 11.8 Å². The lowest BCUT2D eigenvalue weighted by Crippen LogP contribution is -2.50. The molecule has 0 saturated carbocycles. The molecule has 1 rings (SSSR count). The van der Waals surface area contributed by atoms with Gasteiger partial charge in [-0.3, -0.25) is 9.59 Å². The topological polar surface area (TPSA) is 61.4 Å². The van der Waals surface area contributed by atoms with Crippen molar-refractivity contribution in [2.45, 2.75) is 46.1 Å². The van der Waals surface area contributed by atoms with Gasteiger partial charge in [0.2, 0.25) is 11.8 Å². The van der Waals surface area contributed by atoms with Crippen molar-refractivity contribution in [2.24, 2.45) is 5.92 Å². The summed E-state index contributed by atoms with van der Waals surface area (Å²) in [5.74, 6) is 0.555. The van der Waals surface area contributed by atoms with E-state index in [1.807, 2.05) is 13.8 Å². The smallest absolute Gasteiger partial charge is 0.223 e. The highest BCUT2D eigenvalue weighted by atomic mass is 16.2. The Morgan fingerprint density at radius 2 is 1.95 bits per heavy atom. The van der Waals surface area contributed by atoms with E-state index >= 15 is 0 Å². The average molecular weight is 269 g/mol. The van der Waals surface area contributed by atoms with Crippen LogP contribution in [0.3, 0.4) is 0 Å². The number of carbonyl (C=O) groups is 2. The van der Waals surface area contributed by atoms with Crippen LogP contribution in [0.1, 0.15) is 40.0 Å². The van der Waals surface area contributed by atoms with E-state index in [4.69, 9.17) is 0 Å². The summed E-state index contributed by atoms with van der Waals surface area (Å²) in [5, 5.41) is 6.31. The lowest BCUT2D eigenvalue weighted by atomic mass is 9.94. The monoisotopic (exact) mass is 269 g/mol. The predicted octanol–water partition coefficient (Wildman–Crippen LogP) is 0.749. The lowest BCUT2D eigenvalue weighted by Gasteiger charge is -2.30. The molecule has 0 bridgehead atoms. The van der Waals surface area contributed by atoms with Gasteiger partial charge < -0.3 is 15.5 Å². The van der Waals surface area contributed by atoms with Gasteiger partial charge in [0.05, 0.1) is 0 Å². The lowest BCUT2D eigenvalue weighted by molar-refractivity contribution is -0.133. The van der Waals surface area contributed by atoms with Gasteiger partial charge in [-0.2, -0.15) is 0 Å². The first-order chi connectivity index (χ1) is 9.08. The molecule has 0 aromatic carbocycles. The van der Waals surface area contributed by atoms with Crippen LogP contribution in [0.25, 0.3) is 0 Å². The van der Waals surface area contributed by atoms with E-state index in [0.717, 1.165) is 19.5 Å². The molecule has 2 unspecified atom stereocenters. The minimum atomic E-state index is -0.0129. The highest BCUT2D eigenvalue weighted by molar-refractivity contribution is 5.83. The van der Waals surface area contributed by atoms with Crippen LogP contribution >= 0.6 is 0 Å². The van der Waals surface area contributed by atoms with Gasteiger partial charge in [-0.05, 0) is 32.7 Å². The Kier molecular flexibility index (Phi) is 6.84. The molecule has 0 aliphatic carbocycles. The SMILES string of the molecule is CCN(CC)C(=O)CCC(=O)NC1CNCCC1C. The minimum absolute atomic E-state index is 0.0129. The van der Waals surface area contributed by atoms with Crippen molar-refractivity contribution in [1.29, 1.82) is 0 Å². The van der Waals surface area contributed by atoms with Crippen LogP contribution in [0, 0.1) is 5.92 Å². The van der Waals surface area contributed by atoms with Crippen LogP contribution in [0.5, 0.6) is 0 Å². The number of hydrogen-bond donors (Lipinski definition) is 2. The van der Waals surface area contributed by atoms with Crippen molar-refractivity contribution in [2.75, 3.05) is 26.2 Å². The molecule has 1 heterocycles. The number of hydrogen-bond acceptors (Lipinski definition) is 3. The van der Waals surface area contributed by atoms with Crippen molar-refractivity contribution < 1.29 is 9.59 Å². The van der Waals surface area contributed by atoms with E-state index in [9.17, 15) is 9.59 Å². The van der Waals surface area contributed by atoms with Gasteiger partial charge in [0.1, 0.15) is 0 Å². The number of nitrogens with zero attached hydrogens (tertiary/aromatic N) is 1. The Balaban J connectivity index is 2.29. The van der Waals surface area contributed by atoms with E-state index in [1.165, 1.54) is 0 Å². The van der Waals surface area contributed by atoms with Gasteiger partial charge in [0.25, 0.3) is 0 Å². The molecule has 5 nitrogen and oxygen atoms in total. The molecule has 2 atom stereocenters. The van der Waals surface area contributed by atoms with Crippen LogP contribution in [-0.4, -0.2) is 48.9 Å². The van der Waals surface area contributed by atoms with Crippen LogP contribution < -0.4 is 10.6 Å². The van der Waals surface area contributed by atoms with Gasteiger partial charge >= 0.3 is 0 Å². The summed E-state index contributed by atoms with van der Waals surface area (Å²) < 4.78 is 0. The largest absolute Gasteiger partial charge is 0.352 e. The summed E-state index contributed by atoms with van der Waals surface area (Å²) in [4.78, 5) is 25.4. The fourth-order valence-corrected chi connectivity index (χ4v) is 2.42. The number of amides is 2. The number of rotatable bonds is 6. The third kappa shape index (κ3) is 5.19. The zero-order chi connectivity index (χ0) is 14.3. The van der Waals surface area contributed by atoms with Crippen LogP contribution in [0.2, 0.25) is 0 Å². The molecule has 1 fully saturated rings. The Labute approximate surface area is 116 Å². The first kappa shape index (κ1) is 16.0. The maximum absolute atomic E-state index is 11.9. The number of nitrogens with one attached hydrogen (secondary N) is 2. The number of carbonyl (C=O) groups excluding carboxylic acids is 2. The fourth-order valence-electron chi connectivity index (χ4n) is 2.42. The Bertz CT molecular complexity index is 303. The molecular weight excluding hydrogens is 242 g/mol. The summed E-state index contributed by atoms with van der Waals surface area (Å²) in [7, 11) is 0. The molecular formula is C14H27N3O2. The Morgan fingerprint density at radius 1 is 1.26 bits per heavy atom. The second-order valence-corrected chi connectivity index (χ2v) is 5.21. The molecule has 5 heteroatoms. The zero-order valence-electron chi connectivity index (χ0n) is 12.4. The summed E-state index contributed by atoms with van der Waals surface area (Å²) in [6, 6.07) is 0.199. The number of piperidine rings is 1. The van der Waals surface area contributed by atoms with E-state index in [0.29, 0.717) is 31.8 Å². The van der Waals surface area contributed by atoms with Gasteiger partial charge in [0, 0.05) is 38.5 Å². The highest BCUT2D eigenvalue weighted by Crippen LogP contribution is 2.11. The zero-order valence-corrected chi connectivity index (χ0v) is 12.4. The van der Waals surface area contributed by atoms with Gasteiger partial charge in [0.15, 0.2) is 0 Å². The molecule has 1 aliphatic rings. The summed E-state index contributed by atoms with van der Waals surface area (Å²) >= 11 is 0. The van der Waals surface area contributed by atoms with Crippen LogP contribution in [-0.2, 0) is 9.59 Å². The first-order valence-electron chi connectivity index (χ1n) is 7.36. The normalized spacial score (nSPS) is 22.9. The molecule has 0 spiro atoms. The molecule has 2 amide bonds.